The number of rotatable bonds is 5. The Morgan fingerprint density at radius 1 is 1.25 bits per heavy atom. The zero-order chi connectivity index (χ0) is 12.0. The molecule has 1 fully saturated rings. The second-order valence-electron chi connectivity index (χ2n) is 5.29. The van der Waals surface area contributed by atoms with Crippen LogP contribution in [0.5, 0.6) is 0 Å². The average Bonchev–Trinajstić information content (AvgIpc) is 2.12. The fraction of sp³-hybridized carbons (Fsp3) is 0.857. The van der Waals surface area contributed by atoms with Crippen molar-refractivity contribution in [3.05, 3.63) is 0 Å². The van der Waals surface area contributed by atoms with Crippen molar-refractivity contribution in [2.45, 2.75) is 27.7 Å². The van der Waals surface area contributed by atoms with Crippen LogP contribution in [-0.2, 0) is 4.74 Å². The molecule has 0 unspecified atom stereocenters. The summed E-state index contributed by atoms with van der Waals surface area (Å²) in [6, 6.07) is 0. The van der Waals surface area contributed by atoms with Crippen LogP contribution < -0.4 is 0 Å². The van der Waals surface area contributed by atoms with Gasteiger partial charge in [0, 0.05) is 25.6 Å². The molecule has 0 saturated carbocycles. The summed E-state index contributed by atoms with van der Waals surface area (Å²) in [6.45, 7) is 13.8. The van der Waals surface area contributed by atoms with Crippen LogP contribution in [0.3, 0.4) is 0 Å². The Balaban J connectivity index is 1.93. The molecule has 1 saturated heterocycles. The number of hydrogen-bond acceptors (Lipinski definition) is 2. The van der Waals surface area contributed by atoms with Gasteiger partial charge in [0.25, 0.3) is 0 Å². The molecule has 0 aromatic carbocycles. The lowest BCUT2D eigenvalue weighted by molar-refractivity contribution is 0.0375. The largest absolute Gasteiger partial charge is 0.367 e. The van der Waals surface area contributed by atoms with Crippen LogP contribution in [0.15, 0.2) is 0 Å². The third-order valence-electron chi connectivity index (χ3n) is 3.05. The molecule has 0 N–H and O–H groups in total. The van der Waals surface area contributed by atoms with Gasteiger partial charge in [-0.1, -0.05) is 39.5 Å². The fourth-order valence-corrected chi connectivity index (χ4v) is 1.78. The molecule has 0 aromatic rings. The zero-order valence-electron chi connectivity index (χ0n) is 11.1. The van der Waals surface area contributed by atoms with Crippen molar-refractivity contribution in [1.29, 1.82) is 0 Å². The average molecular weight is 223 g/mol. The van der Waals surface area contributed by atoms with Crippen LogP contribution in [0, 0.1) is 29.6 Å². The number of hydrogen-bond donors (Lipinski definition) is 0. The molecule has 1 aliphatic heterocycles. The van der Waals surface area contributed by atoms with Gasteiger partial charge in [0.2, 0.25) is 0 Å². The normalized spacial score (nSPS) is 17.4. The van der Waals surface area contributed by atoms with Crippen molar-refractivity contribution < 1.29 is 4.74 Å². The molecule has 1 aliphatic rings. The lowest BCUT2D eigenvalue weighted by Gasteiger charge is -2.41. The SMILES string of the molecule is CC(C)C#CCOCCN1CC(C(C)C)C1. The van der Waals surface area contributed by atoms with E-state index in [9.17, 15) is 0 Å². The summed E-state index contributed by atoms with van der Waals surface area (Å²) in [6.07, 6.45) is 0. The minimum Gasteiger partial charge on any atom is -0.367 e. The number of ether oxygens (including phenoxy) is 1. The van der Waals surface area contributed by atoms with Gasteiger partial charge < -0.3 is 9.64 Å². The van der Waals surface area contributed by atoms with Crippen molar-refractivity contribution in [2.24, 2.45) is 17.8 Å². The van der Waals surface area contributed by atoms with Crippen molar-refractivity contribution in [3.63, 3.8) is 0 Å². The van der Waals surface area contributed by atoms with E-state index in [0.717, 1.165) is 25.0 Å². The van der Waals surface area contributed by atoms with Gasteiger partial charge in [-0.25, -0.2) is 0 Å². The molecular weight excluding hydrogens is 198 g/mol. The molecule has 0 bridgehead atoms. The van der Waals surface area contributed by atoms with Crippen LogP contribution in [0.2, 0.25) is 0 Å². The first-order valence-corrected chi connectivity index (χ1v) is 6.38. The van der Waals surface area contributed by atoms with Crippen molar-refractivity contribution in [3.8, 4) is 11.8 Å². The van der Waals surface area contributed by atoms with E-state index in [2.05, 4.69) is 44.4 Å². The van der Waals surface area contributed by atoms with Gasteiger partial charge in [0.15, 0.2) is 0 Å². The van der Waals surface area contributed by atoms with E-state index in [1.165, 1.54) is 13.1 Å². The zero-order valence-corrected chi connectivity index (χ0v) is 11.1. The minimum absolute atomic E-state index is 0.450. The topological polar surface area (TPSA) is 12.5 Å². The Kier molecular flexibility index (Phi) is 5.87. The van der Waals surface area contributed by atoms with Gasteiger partial charge in [-0.05, 0) is 11.8 Å². The molecule has 0 aromatic heterocycles. The van der Waals surface area contributed by atoms with Gasteiger partial charge in [-0.2, -0.15) is 0 Å². The Hall–Kier alpha value is -0.520. The van der Waals surface area contributed by atoms with Crippen LogP contribution in [0.25, 0.3) is 0 Å². The summed E-state index contributed by atoms with van der Waals surface area (Å²) in [5, 5.41) is 0. The Bertz CT molecular complexity index is 243. The van der Waals surface area contributed by atoms with Crippen LogP contribution >= 0.6 is 0 Å². The van der Waals surface area contributed by atoms with E-state index in [4.69, 9.17) is 4.74 Å². The third kappa shape index (κ3) is 5.01. The summed E-state index contributed by atoms with van der Waals surface area (Å²) in [5.41, 5.74) is 0. The van der Waals surface area contributed by atoms with Crippen LogP contribution in [0.1, 0.15) is 27.7 Å². The first-order valence-electron chi connectivity index (χ1n) is 6.38. The van der Waals surface area contributed by atoms with Gasteiger partial charge in [-0.3, -0.25) is 0 Å². The van der Waals surface area contributed by atoms with E-state index < -0.39 is 0 Å². The lowest BCUT2D eigenvalue weighted by atomic mass is 9.88. The van der Waals surface area contributed by atoms with E-state index in [1.54, 1.807) is 0 Å². The Morgan fingerprint density at radius 2 is 1.94 bits per heavy atom. The molecule has 0 radical (unpaired) electrons. The van der Waals surface area contributed by atoms with E-state index in [0.29, 0.717) is 12.5 Å². The maximum Gasteiger partial charge on any atom is 0.107 e. The highest BCUT2D eigenvalue weighted by Gasteiger charge is 2.28. The highest BCUT2D eigenvalue weighted by molar-refractivity contribution is 5.01. The second-order valence-corrected chi connectivity index (χ2v) is 5.29. The molecule has 1 rings (SSSR count). The van der Waals surface area contributed by atoms with E-state index >= 15 is 0 Å². The highest BCUT2D eigenvalue weighted by Crippen LogP contribution is 2.22. The Morgan fingerprint density at radius 3 is 2.50 bits per heavy atom. The van der Waals surface area contributed by atoms with Gasteiger partial charge in [0.05, 0.1) is 6.61 Å². The monoisotopic (exact) mass is 223 g/mol. The molecule has 0 amide bonds. The summed E-state index contributed by atoms with van der Waals surface area (Å²) >= 11 is 0. The molecule has 2 heteroatoms. The third-order valence-corrected chi connectivity index (χ3v) is 3.05. The quantitative estimate of drug-likeness (QED) is 0.523. The highest BCUT2D eigenvalue weighted by atomic mass is 16.5. The summed E-state index contributed by atoms with van der Waals surface area (Å²) < 4.78 is 5.47. The molecule has 0 spiro atoms. The fourth-order valence-electron chi connectivity index (χ4n) is 1.78. The number of likely N-dealkylation sites (tertiary alicyclic amines) is 1. The predicted molar refractivity (Wildman–Crippen MR) is 68.2 cm³/mol. The predicted octanol–water partition coefficient (Wildman–Crippen LogP) is 2.25. The molecule has 16 heavy (non-hydrogen) atoms. The molecule has 1 heterocycles. The summed E-state index contributed by atoms with van der Waals surface area (Å²) in [7, 11) is 0. The molecule has 0 atom stereocenters. The summed E-state index contributed by atoms with van der Waals surface area (Å²) in [5.74, 6) is 8.31. The van der Waals surface area contributed by atoms with Gasteiger partial charge in [-0.15, -0.1) is 0 Å². The lowest BCUT2D eigenvalue weighted by Crippen LogP contribution is -2.49. The maximum absolute atomic E-state index is 5.47. The molecular formula is C14H25NO. The first kappa shape index (κ1) is 13.5. The van der Waals surface area contributed by atoms with Crippen LogP contribution in [0.4, 0.5) is 0 Å². The maximum atomic E-state index is 5.47. The smallest absolute Gasteiger partial charge is 0.107 e. The van der Waals surface area contributed by atoms with Crippen LogP contribution in [-0.4, -0.2) is 37.7 Å². The first-order chi connectivity index (χ1) is 7.59. The second kappa shape index (κ2) is 6.93. The molecule has 92 valence electrons. The van der Waals surface area contributed by atoms with Crippen molar-refractivity contribution >= 4 is 0 Å². The minimum atomic E-state index is 0.450. The summed E-state index contributed by atoms with van der Waals surface area (Å²) in [4.78, 5) is 2.46. The Labute approximate surface area is 100 Å². The van der Waals surface area contributed by atoms with Gasteiger partial charge >= 0.3 is 0 Å². The van der Waals surface area contributed by atoms with Crippen molar-refractivity contribution in [1.82, 2.24) is 4.90 Å². The van der Waals surface area contributed by atoms with Gasteiger partial charge in [0.1, 0.15) is 6.61 Å². The standard InChI is InChI=1S/C14H25NO/c1-12(2)6-5-8-16-9-7-15-10-14(11-15)13(3)4/h12-14H,7-11H2,1-4H3. The molecule has 2 nitrogen and oxygen atoms in total. The van der Waals surface area contributed by atoms with E-state index in [1.807, 2.05) is 0 Å². The number of nitrogens with zero attached hydrogens (tertiary/aromatic N) is 1. The van der Waals surface area contributed by atoms with Crippen molar-refractivity contribution in [2.75, 3.05) is 32.8 Å². The van der Waals surface area contributed by atoms with E-state index in [-0.39, 0.29) is 0 Å². The molecule has 0 aliphatic carbocycles.